The molecule has 6 heteroatoms. The Bertz CT molecular complexity index is 497. The number of nitrogens with zero attached hydrogens (tertiary/aromatic N) is 1. The van der Waals surface area contributed by atoms with E-state index in [4.69, 9.17) is 25.8 Å². The van der Waals surface area contributed by atoms with Gasteiger partial charge in [0.05, 0.1) is 13.2 Å². The Hall–Kier alpha value is -0.530. The summed E-state index contributed by atoms with van der Waals surface area (Å²) < 4.78 is 17.4. The molecule has 0 fully saturated rings. The zero-order chi connectivity index (χ0) is 17.2. The summed E-state index contributed by atoms with van der Waals surface area (Å²) in [5.74, 6) is 2.19. The second-order valence-electron chi connectivity index (χ2n) is 5.60. The number of rotatable bonds is 11. The average Bonchev–Trinajstić information content (AvgIpc) is 2.50. The smallest absolute Gasteiger partial charge is 0.172 e. The molecular formula is C17H25ClINO3. The highest BCUT2D eigenvalue weighted by atomic mass is 127. The number of hydrogen-bond donors (Lipinski definition) is 0. The van der Waals surface area contributed by atoms with Crippen molar-refractivity contribution >= 4 is 34.2 Å². The van der Waals surface area contributed by atoms with Crippen LogP contribution in [0.25, 0.3) is 0 Å². The highest BCUT2D eigenvalue weighted by Gasteiger charge is 2.16. The zero-order valence-corrected chi connectivity index (χ0v) is 16.9. The highest BCUT2D eigenvalue weighted by Crippen LogP contribution is 2.31. The van der Waals surface area contributed by atoms with Gasteiger partial charge in [-0.3, -0.25) is 0 Å². The summed E-state index contributed by atoms with van der Waals surface area (Å²) in [6.07, 6.45) is 3.66. The van der Waals surface area contributed by atoms with E-state index < -0.39 is 0 Å². The van der Waals surface area contributed by atoms with Gasteiger partial charge in [-0.25, -0.2) is 4.98 Å². The van der Waals surface area contributed by atoms with Crippen LogP contribution in [0.3, 0.4) is 0 Å². The molecule has 1 aromatic rings. The Morgan fingerprint density at radius 2 is 2.04 bits per heavy atom. The van der Waals surface area contributed by atoms with Crippen LogP contribution in [0.5, 0.6) is 11.5 Å². The predicted molar refractivity (Wildman–Crippen MR) is 103 cm³/mol. The molecule has 1 unspecified atom stereocenters. The van der Waals surface area contributed by atoms with Crippen molar-refractivity contribution in [1.29, 1.82) is 0 Å². The fraction of sp³-hybridized carbons (Fsp3) is 0.588. The van der Waals surface area contributed by atoms with Gasteiger partial charge in [0.15, 0.2) is 16.7 Å². The number of hydrogen-bond acceptors (Lipinski definition) is 4. The molecule has 1 rings (SSSR count). The molecule has 0 spiro atoms. The van der Waals surface area contributed by atoms with Crippen LogP contribution in [0.2, 0.25) is 5.15 Å². The lowest BCUT2D eigenvalue weighted by molar-refractivity contribution is 0.171. The number of halogens is 2. The van der Waals surface area contributed by atoms with Gasteiger partial charge in [-0.2, -0.15) is 0 Å². The van der Waals surface area contributed by atoms with Crippen LogP contribution in [-0.4, -0.2) is 31.9 Å². The second-order valence-corrected chi connectivity index (χ2v) is 6.98. The van der Waals surface area contributed by atoms with Crippen molar-refractivity contribution in [1.82, 2.24) is 4.98 Å². The third-order valence-corrected chi connectivity index (χ3v) is 4.52. The van der Waals surface area contributed by atoms with Crippen molar-refractivity contribution in [3.8, 4) is 11.5 Å². The molecule has 0 bridgehead atoms. The van der Waals surface area contributed by atoms with Crippen molar-refractivity contribution in [2.75, 3.05) is 26.9 Å². The Morgan fingerprint density at radius 1 is 1.30 bits per heavy atom. The fourth-order valence-electron chi connectivity index (χ4n) is 1.97. The maximum absolute atomic E-state index is 6.14. The van der Waals surface area contributed by atoms with E-state index in [9.17, 15) is 0 Å². The Morgan fingerprint density at radius 3 is 2.65 bits per heavy atom. The minimum atomic E-state index is 0.352. The largest absolute Gasteiger partial charge is 0.490 e. The molecule has 1 atom stereocenters. The lowest BCUT2D eigenvalue weighted by atomic mass is 9.93. The molecule has 0 saturated heterocycles. The molecule has 23 heavy (non-hydrogen) atoms. The van der Waals surface area contributed by atoms with Crippen LogP contribution in [-0.2, 0) is 4.74 Å². The Balaban J connectivity index is 2.71. The SMILES string of the molecule is C=CCC(COc1cc(OCCCOC)c(Cl)nc1I)C(C)C. The maximum Gasteiger partial charge on any atom is 0.172 e. The summed E-state index contributed by atoms with van der Waals surface area (Å²) in [5.41, 5.74) is 0. The number of methoxy groups -OCH3 is 1. The van der Waals surface area contributed by atoms with Gasteiger partial charge in [-0.05, 0) is 40.8 Å². The van der Waals surface area contributed by atoms with Gasteiger partial charge >= 0.3 is 0 Å². The highest BCUT2D eigenvalue weighted by molar-refractivity contribution is 14.1. The molecule has 130 valence electrons. The van der Waals surface area contributed by atoms with Gasteiger partial charge in [-0.15, -0.1) is 6.58 Å². The van der Waals surface area contributed by atoms with Crippen molar-refractivity contribution in [2.24, 2.45) is 11.8 Å². The van der Waals surface area contributed by atoms with E-state index in [0.717, 1.165) is 16.5 Å². The summed E-state index contributed by atoms with van der Waals surface area (Å²) in [7, 11) is 1.67. The molecule has 0 amide bonds. The normalized spacial score (nSPS) is 12.3. The molecule has 0 saturated carbocycles. The molecule has 1 aromatic heterocycles. The van der Waals surface area contributed by atoms with E-state index in [2.05, 4.69) is 48.0 Å². The average molecular weight is 454 g/mol. The summed E-state index contributed by atoms with van der Waals surface area (Å²) in [5, 5.41) is 0.352. The van der Waals surface area contributed by atoms with Crippen LogP contribution in [0.4, 0.5) is 0 Å². The quantitative estimate of drug-likeness (QED) is 0.205. The van der Waals surface area contributed by atoms with Gasteiger partial charge < -0.3 is 14.2 Å². The molecule has 0 aliphatic rings. The second kappa shape index (κ2) is 11.1. The monoisotopic (exact) mass is 453 g/mol. The van der Waals surface area contributed by atoms with Gasteiger partial charge in [0.1, 0.15) is 3.70 Å². The molecule has 0 radical (unpaired) electrons. The van der Waals surface area contributed by atoms with Crippen molar-refractivity contribution in [3.63, 3.8) is 0 Å². The topological polar surface area (TPSA) is 40.6 Å². The van der Waals surface area contributed by atoms with E-state index >= 15 is 0 Å². The first-order valence-corrected chi connectivity index (χ1v) is 9.16. The van der Waals surface area contributed by atoms with E-state index in [1.165, 1.54) is 0 Å². The minimum absolute atomic E-state index is 0.352. The van der Waals surface area contributed by atoms with Crippen LogP contribution >= 0.6 is 34.2 Å². The van der Waals surface area contributed by atoms with Crippen LogP contribution in [0.1, 0.15) is 26.7 Å². The molecule has 4 nitrogen and oxygen atoms in total. The summed E-state index contributed by atoms with van der Waals surface area (Å²) in [4.78, 5) is 4.29. The van der Waals surface area contributed by atoms with E-state index in [-0.39, 0.29) is 0 Å². The molecule has 0 aliphatic carbocycles. The lowest BCUT2D eigenvalue weighted by Gasteiger charge is -2.20. The minimum Gasteiger partial charge on any atom is -0.490 e. The number of pyridine rings is 1. The number of ether oxygens (including phenoxy) is 3. The molecule has 0 N–H and O–H groups in total. The lowest BCUT2D eigenvalue weighted by Crippen LogP contribution is -2.17. The number of allylic oxidation sites excluding steroid dienone is 1. The first-order chi connectivity index (χ1) is 11.0. The third-order valence-electron chi connectivity index (χ3n) is 3.48. The summed E-state index contributed by atoms with van der Waals surface area (Å²) in [6.45, 7) is 9.98. The number of aromatic nitrogens is 1. The van der Waals surface area contributed by atoms with Gasteiger partial charge in [0, 0.05) is 26.2 Å². The van der Waals surface area contributed by atoms with Crippen LogP contribution in [0.15, 0.2) is 18.7 Å². The van der Waals surface area contributed by atoms with Gasteiger partial charge in [-0.1, -0.05) is 31.5 Å². The maximum atomic E-state index is 6.14. The summed E-state index contributed by atoms with van der Waals surface area (Å²) >= 11 is 8.26. The van der Waals surface area contributed by atoms with Crippen molar-refractivity contribution in [2.45, 2.75) is 26.7 Å². The molecule has 0 aliphatic heterocycles. The Kier molecular flexibility index (Phi) is 9.90. The Labute approximate surface area is 157 Å². The molecular weight excluding hydrogens is 429 g/mol. The van der Waals surface area contributed by atoms with Gasteiger partial charge in [0.25, 0.3) is 0 Å². The zero-order valence-electron chi connectivity index (χ0n) is 14.0. The summed E-state index contributed by atoms with van der Waals surface area (Å²) in [6, 6.07) is 1.81. The fourth-order valence-corrected chi connectivity index (χ4v) is 2.85. The first kappa shape index (κ1) is 20.5. The first-order valence-electron chi connectivity index (χ1n) is 7.71. The van der Waals surface area contributed by atoms with Gasteiger partial charge in [0.2, 0.25) is 0 Å². The van der Waals surface area contributed by atoms with Crippen LogP contribution < -0.4 is 9.47 Å². The van der Waals surface area contributed by atoms with E-state index in [1.807, 2.05) is 12.1 Å². The van der Waals surface area contributed by atoms with E-state index in [1.54, 1.807) is 7.11 Å². The van der Waals surface area contributed by atoms with Crippen molar-refractivity contribution < 1.29 is 14.2 Å². The standard InChI is InChI=1S/C17H25ClINO3/c1-5-7-13(12(2)3)11-23-15-10-14(16(18)20-17(15)19)22-9-6-8-21-4/h5,10,12-13H,1,6-9,11H2,2-4H3. The van der Waals surface area contributed by atoms with Crippen LogP contribution in [0, 0.1) is 15.5 Å². The molecule has 0 aromatic carbocycles. The van der Waals surface area contributed by atoms with E-state index in [0.29, 0.717) is 48.3 Å². The third kappa shape index (κ3) is 7.27. The van der Waals surface area contributed by atoms with Crippen molar-refractivity contribution in [3.05, 3.63) is 27.6 Å². The molecule has 1 heterocycles. The predicted octanol–water partition coefficient (Wildman–Crippen LogP) is 4.98.